The van der Waals surface area contributed by atoms with Crippen LogP contribution >= 0.6 is 22.0 Å². The van der Waals surface area contributed by atoms with Crippen LogP contribution in [0.5, 0.6) is 0 Å². The third kappa shape index (κ3) is 4.73. The molecule has 0 saturated carbocycles. The normalized spacial score (nSPS) is 9.33. The lowest BCUT2D eigenvalue weighted by atomic mass is 10.6. The third-order valence-corrected chi connectivity index (χ3v) is 3.13. The van der Waals surface area contributed by atoms with E-state index in [4.69, 9.17) is 23.4 Å². The molecule has 0 atom stereocenters. The third-order valence-electron chi connectivity index (χ3n) is 1.24. The van der Waals surface area contributed by atoms with Crippen molar-refractivity contribution in [2.75, 3.05) is 0 Å². The molecule has 0 radical (unpaired) electrons. The summed E-state index contributed by atoms with van der Waals surface area (Å²) in [5, 5.41) is 0. The van der Waals surface area contributed by atoms with Gasteiger partial charge in [0, 0.05) is 0 Å². The molecule has 0 aromatic carbocycles. The van der Waals surface area contributed by atoms with Crippen molar-refractivity contribution < 1.29 is 19.2 Å². The van der Waals surface area contributed by atoms with Gasteiger partial charge in [-0.25, -0.2) is 23.4 Å². The molecule has 14 heteroatoms. The van der Waals surface area contributed by atoms with E-state index in [1.807, 2.05) is 0 Å². The molecule has 0 saturated heterocycles. The number of carbonyl (C=O) groups excluding carboxylic acids is 4. The smallest absolute Gasteiger partial charge is 0.286 e. The highest BCUT2D eigenvalue weighted by Crippen LogP contribution is 2.24. The summed E-state index contributed by atoms with van der Waals surface area (Å²) in [5.41, 5.74) is 3.12. The van der Waals surface area contributed by atoms with Crippen LogP contribution in [0.4, 0.5) is 0 Å². The summed E-state index contributed by atoms with van der Waals surface area (Å²) in [6.07, 6.45) is 0. The van der Waals surface area contributed by atoms with Crippen LogP contribution in [-0.2, 0) is 19.2 Å². The SMILES string of the molecule is NNC(=O)C(=O)N(N)SSN(N)C(=O)C(=O)NN. The average molecular weight is 298 g/mol. The lowest BCUT2D eigenvalue weighted by Gasteiger charge is -2.16. The zero-order valence-electron chi connectivity index (χ0n) is 8.65. The van der Waals surface area contributed by atoms with Gasteiger partial charge in [0.2, 0.25) is 0 Å². The zero-order valence-corrected chi connectivity index (χ0v) is 10.3. The number of carbonyl (C=O) groups is 4. The monoisotopic (exact) mass is 298 g/mol. The van der Waals surface area contributed by atoms with Crippen molar-refractivity contribution in [1.29, 1.82) is 0 Å². The number of nitrogens with two attached hydrogens (primary N) is 4. The number of nitrogens with zero attached hydrogens (tertiary/aromatic N) is 2. The van der Waals surface area contributed by atoms with Gasteiger partial charge in [0.05, 0.1) is 22.0 Å². The molecular formula is C4H10N8O4S2. The fourth-order valence-electron chi connectivity index (χ4n) is 0.463. The van der Waals surface area contributed by atoms with E-state index in [2.05, 4.69) is 0 Å². The topological polar surface area (TPSA) is 203 Å². The van der Waals surface area contributed by atoms with Gasteiger partial charge in [-0.1, -0.05) is 0 Å². The average Bonchev–Trinajstić information content (AvgIpc) is 2.40. The summed E-state index contributed by atoms with van der Waals surface area (Å²) in [5.74, 6) is 15.0. The van der Waals surface area contributed by atoms with Gasteiger partial charge in [-0.15, -0.1) is 0 Å². The van der Waals surface area contributed by atoms with Crippen LogP contribution < -0.4 is 34.2 Å². The Balaban J connectivity index is 4.25. The summed E-state index contributed by atoms with van der Waals surface area (Å²) in [7, 11) is 0.827. The van der Waals surface area contributed by atoms with Gasteiger partial charge in [0.15, 0.2) is 0 Å². The second-order valence-electron chi connectivity index (χ2n) is 2.36. The van der Waals surface area contributed by atoms with E-state index in [-0.39, 0.29) is 0 Å². The van der Waals surface area contributed by atoms with Crippen molar-refractivity contribution in [3.63, 3.8) is 0 Å². The van der Waals surface area contributed by atoms with E-state index in [1.165, 1.54) is 0 Å². The summed E-state index contributed by atoms with van der Waals surface area (Å²) < 4.78 is 0.723. The summed E-state index contributed by atoms with van der Waals surface area (Å²) >= 11 is 0. The van der Waals surface area contributed by atoms with Gasteiger partial charge in [0.25, 0.3) is 0 Å². The fourth-order valence-corrected chi connectivity index (χ4v) is 1.75. The van der Waals surface area contributed by atoms with Gasteiger partial charge >= 0.3 is 23.6 Å². The van der Waals surface area contributed by atoms with Crippen molar-refractivity contribution in [3.8, 4) is 0 Å². The molecule has 10 N–H and O–H groups in total. The number of hydrazine groups is 4. The van der Waals surface area contributed by atoms with E-state index in [0.29, 0.717) is 30.8 Å². The van der Waals surface area contributed by atoms with Crippen LogP contribution in [0.3, 0.4) is 0 Å². The Labute approximate surface area is 108 Å². The maximum Gasteiger partial charge on any atom is 0.338 e. The lowest BCUT2D eigenvalue weighted by Crippen LogP contribution is -2.47. The first-order valence-electron chi connectivity index (χ1n) is 3.89. The molecule has 0 fully saturated rings. The molecular weight excluding hydrogens is 288 g/mol. The Morgan fingerprint density at radius 1 is 0.778 bits per heavy atom. The maximum absolute atomic E-state index is 11.1. The second-order valence-corrected chi connectivity index (χ2v) is 4.34. The van der Waals surface area contributed by atoms with Gasteiger partial charge in [0.1, 0.15) is 0 Å². The highest BCUT2D eigenvalue weighted by Gasteiger charge is 2.23. The molecule has 0 aliphatic heterocycles. The molecule has 0 aliphatic rings. The molecule has 0 rings (SSSR count). The first-order valence-corrected chi connectivity index (χ1v) is 5.95. The van der Waals surface area contributed by atoms with Crippen molar-refractivity contribution in [1.82, 2.24) is 19.7 Å². The Bertz CT molecular complexity index is 329. The zero-order chi connectivity index (χ0) is 14.3. The second kappa shape index (κ2) is 7.69. The number of hydrogen-bond donors (Lipinski definition) is 6. The van der Waals surface area contributed by atoms with Crippen molar-refractivity contribution in [2.45, 2.75) is 0 Å². The van der Waals surface area contributed by atoms with E-state index < -0.39 is 23.6 Å². The maximum atomic E-state index is 11.1. The number of hydrogen-bond acceptors (Lipinski definition) is 10. The standard InChI is InChI=1S/C4H10N8O4S2/c5-9-1(13)3(15)11(7)17-18-12(8)4(16)2(14)10-6/h5-8H2,(H,9,13)(H,10,14). The molecule has 0 heterocycles. The molecule has 0 unspecified atom stereocenters. The molecule has 0 bridgehead atoms. The van der Waals surface area contributed by atoms with E-state index in [9.17, 15) is 19.2 Å². The molecule has 12 nitrogen and oxygen atoms in total. The molecule has 4 amide bonds. The first kappa shape index (κ1) is 16.4. The van der Waals surface area contributed by atoms with Crippen molar-refractivity contribution in [3.05, 3.63) is 0 Å². The fraction of sp³-hybridized carbons (Fsp3) is 0. The van der Waals surface area contributed by atoms with Crippen LogP contribution in [0.1, 0.15) is 0 Å². The minimum Gasteiger partial charge on any atom is -0.286 e. The van der Waals surface area contributed by atoms with Gasteiger partial charge in [-0.3, -0.25) is 30.0 Å². The Morgan fingerprint density at radius 2 is 1.06 bits per heavy atom. The van der Waals surface area contributed by atoms with Crippen LogP contribution in [0.15, 0.2) is 0 Å². The largest absolute Gasteiger partial charge is 0.338 e. The van der Waals surface area contributed by atoms with Gasteiger partial charge in [-0.2, -0.15) is 8.83 Å². The Hall–Kier alpha value is -1.58. The predicted molar refractivity (Wildman–Crippen MR) is 61.9 cm³/mol. The van der Waals surface area contributed by atoms with Gasteiger partial charge < -0.3 is 0 Å². The first-order chi connectivity index (χ1) is 8.34. The highest BCUT2D eigenvalue weighted by molar-refractivity contribution is 8.75. The predicted octanol–water partition coefficient (Wildman–Crippen LogP) is -4.42. The van der Waals surface area contributed by atoms with Crippen molar-refractivity contribution in [2.24, 2.45) is 23.4 Å². The lowest BCUT2D eigenvalue weighted by molar-refractivity contribution is -0.142. The van der Waals surface area contributed by atoms with Crippen LogP contribution in [0.2, 0.25) is 0 Å². The molecule has 18 heavy (non-hydrogen) atoms. The van der Waals surface area contributed by atoms with Crippen LogP contribution in [0.25, 0.3) is 0 Å². The van der Waals surface area contributed by atoms with Crippen LogP contribution in [0, 0.1) is 0 Å². The van der Waals surface area contributed by atoms with Crippen LogP contribution in [-0.4, -0.2) is 32.5 Å². The molecule has 0 aromatic heterocycles. The minimum absolute atomic E-state index is 0.361. The number of nitrogens with one attached hydrogen (secondary N) is 2. The summed E-state index contributed by atoms with van der Waals surface area (Å²) in [6, 6.07) is 0. The van der Waals surface area contributed by atoms with E-state index in [0.717, 1.165) is 0 Å². The Morgan fingerprint density at radius 3 is 1.28 bits per heavy atom. The van der Waals surface area contributed by atoms with E-state index in [1.54, 1.807) is 10.9 Å². The quantitative estimate of drug-likeness (QED) is 0.0736. The molecule has 0 spiro atoms. The van der Waals surface area contributed by atoms with Gasteiger partial charge in [-0.05, 0) is 0 Å². The number of rotatable bonds is 3. The molecule has 102 valence electrons. The highest BCUT2D eigenvalue weighted by atomic mass is 33.1. The van der Waals surface area contributed by atoms with E-state index >= 15 is 0 Å². The Kier molecular flexibility index (Phi) is 7.01. The van der Waals surface area contributed by atoms with Crippen molar-refractivity contribution >= 4 is 45.6 Å². The number of amides is 4. The summed E-state index contributed by atoms with van der Waals surface area (Å²) in [6.45, 7) is 0. The minimum atomic E-state index is -1.18. The molecule has 0 aromatic rings. The summed E-state index contributed by atoms with van der Waals surface area (Å²) in [4.78, 5) is 43.7. The molecule has 0 aliphatic carbocycles.